The van der Waals surface area contributed by atoms with E-state index in [1.54, 1.807) is 11.8 Å². The van der Waals surface area contributed by atoms with E-state index in [9.17, 15) is 9.59 Å². The molecular weight excluding hydrogens is 280 g/mol. The molecule has 0 saturated carbocycles. The van der Waals surface area contributed by atoms with Gasteiger partial charge in [0.05, 0.1) is 19.7 Å². The number of hydrogen-bond acceptors (Lipinski definition) is 4. The Morgan fingerprint density at radius 3 is 2.45 bits per heavy atom. The number of ether oxygens (including phenoxy) is 1. The summed E-state index contributed by atoms with van der Waals surface area (Å²) in [6.45, 7) is 9.18. The number of amides is 1. The summed E-state index contributed by atoms with van der Waals surface area (Å²) in [5.41, 5.74) is 3.10. The lowest BCUT2D eigenvalue weighted by Crippen LogP contribution is -2.38. The summed E-state index contributed by atoms with van der Waals surface area (Å²) < 4.78 is 4.94. The van der Waals surface area contributed by atoms with E-state index in [2.05, 4.69) is 5.32 Å². The van der Waals surface area contributed by atoms with Crippen molar-refractivity contribution in [3.63, 3.8) is 0 Å². The third-order valence-corrected chi connectivity index (χ3v) is 3.36. The van der Waals surface area contributed by atoms with Gasteiger partial charge in [-0.3, -0.25) is 14.5 Å². The maximum atomic E-state index is 12.1. The largest absolute Gasteiger partial charge is 0.465 e. The molecule has 122 valence electrons. The molecule has 1 N–H and O–H groups in total. The fourth-order valence-corrected chi connectivity index (χ4v) is 2.14. The zero-order chi connectivity index (χ0) is 16.5. The monoisotopic (exact) mass is 306 g/mol. The smallest absolute Gasteiger partial charge is 0.320 e. The average Bonchev–Trinajstić information content (AvgIpc) is 2.43. The molecule has 5 heteroatoms. The highest BCUT2D eigenvalue weighted by atomic mass is 16.5. The van der Waals surface area contributed by atoms with E-state index in [1.165, 1.54) is 5.56 Å². The molecule has 1 rings (SSSR count). The molecule has 0 unspecified atom stereocenters. The van der Waals surface area contributed by atoms with Crippen LogP contribution in [-0.2, 0) is 14.3 Å². The number of aryl methyl sites for hydroxylation is 2. The van der Waals surface area contributed by atoms with Gasteiger partial charge < -0.3 is 10.1 Å². The fraction of sp³-hybridized carbons (Fsp3) is 0.529. The van der Waals surface area contributed by atoms with Crippen LogP contribution in [0.15, 0.2) is 18.2 Å². The first-order valence-electron chi connectivity index (χ1n) is 7.71. The highest BCUT2D eigenvalue weighted by Gasteiger charge is 2.14. The van der Waals surface area contributed by atoms with Gasteiger partial charge >= 0.3 is 5.97 Å². The first kappa shape index (κ1) is 18.2. The summed E-state index contributed by atoms with van der Waals surface area (Å²) in [6.07, 6.45) is 0.871. The summed E-state index contributed by atoms with van der Waals surface area (Å²) in [5.74, 6) is -0.420. The zero-order valence-corrected chi connectivity index (χ0v) is 13.9. The number of nitrogens with zero attached hydrogens (tertiary/aromatic N) is 1. The molecule has 0 radical (unpaired) electrons. The molecule has 5 nitrogen and oxygen atoms in total. The maximum Gasteiger partial charge on any atom is 0.320 e. The standard InChI is InChI=1S/C17H26N2O3/c1-5-9-19(12-17(21)22-6-2)11-16(20)18-15-8-7-13(3)14(4)10-15/h7-8,10H,5-6,9,11-12H2,1-4H3,(H,18,20). The van der Waals surface area contributed by atoms with Crippen molar-refractivity contribution in [3.8, 4) is 0 Å². The second kappa shape index (κ2) is 9.20. The number of carbonyl (C=O) groups is 2. The van der Waals surface area contributed by atoms with Crippen LogP contribution in [0.5, 0.6) is 0 Å². The molecule has 0 aromatic heterocycles. The minimum absolute atomic E-state index is 0.124. The van der Waals surface area contributed by atoms with E-state index < -0.39 is 0 Å². The van der Waals surface area contributed by atoms with Crippen molar-refractivity contribution in [1.29, 1.82) is 0 Å². The Kier molecular flexibility index (Phi) is 7.60. The van der Waals surface area contributed by atoms with Crippen LogP contribution in [0.3, 0.4) is 0 Å². The molecule has 0 spiro atoms. The number of esters is 1. The van der Waals surface area contributed by atoms with Crippen LogP contribution >= 0.6 is 0 Å². The molecule has 22 heavy (non-hydrogen) atoms. The maximum absolute atomic E-state index is 12.1. The SMILES string of the molecule is CCCN(CC(=O)Nc1ccc(C)c(C)c1)CC(=O)OCC. The van der Waals surface area contributed by atoms with Crippen molar-refractivity contribution in [3.05, 3.63) is 29.3 Å². The molecule has 0 aliphatic rings. The van der Waals surface area contributed by atoms with Gasteiger partial charge in [-0.2, -0.15) is 0 Å². The molecule has 1 aromatic carbocycles. The van der Waals surface area contributed by atoms with Gasteiger partial charge in [0.2, 0.25) is 5.91 Å². The van der Waals surface area contributed by atoms with Crippen LogP contribution in [-0.4, -0.2) is 43.0 Å². The Hall–Kier alpha value is -1.88. The molecule has 0 aliphatic heterocycles. The number of carbonyl (C=O) groups excluding carboxylic acids is 2. The van der Waals surface area contributed by atoms with Crippen LogP contribution in [0, 0.1) is 13.8 Å². The van der Waals surface area contributed by atoms with Crippen LogP contribution in [0.2, 0.25) is 0 Å². The Morgan fingerprint density at radius 1 is 1.14 bits per heavy atom. The van der Waals surface area contributed by atoms with Crippen LogP contribution in [0.25, 0.3) is 0 Å². The van der Waals surface area contributed by atoms with Gasteiger partial charge in [-0.15, -0.1) is 0 Å². The van der Waals surface area contributed by atoms with Crippen molar-refractivity contribution in [1.82, 2.24) is 4.90 Å². The van der Waals surface area contributed by atoms with E-state index in [1.807, 2.05) is 39.0 Å². The van der Waals surface area contributed by atoms with E-state index in [0.717, 1.165) is 17.7 Å². The van der Waals surface area contributed by atoms with Crippen molar-refractivity contribution < 1.29 is 14.3 Å². The third-order valence-electron chi connectivity index (χ3n) is 3.36. The van der Waals surface area contributed by atoms with Gasteiger partial charge in [0.25, 0.3) is 0 Å². The molecule has 0 fully saturated rings. The normalized spacial score (nSPS) is 10.6. The Bertz CT molecular complexity index is 515. The highest BCUT2D eigenvalue weighted by Crippen LogP contribution is 2.14. The lowest BCUT2D eigenvalue weighted by atomic mass is 10.1. The molecule has 0 atom stereocenters. The van der Waals surface area contributed by atoms with Crippen molar-refractivity contribution in [2.24, 2.45) is 0 Å². The van der Waals surface area contributed by atoms with Gasteiger partial charge in [-0.05, 0) is 57.0 Å². The third kappa shape index (κ3) is 6.26. The second-order valence-corrected chi connectivity index (χ2v) is 5.36. The van der Waals surface area contributed by atoms with E-state index in [0.29, 0.717) is 13.2 Å². The Balaban J connectivity index is 2.58. The van der Waals surface area contributed by atoms with Gasteiger partial charge in [-0.1, -0.05) is 13.0 Å². The number of rotatable bonds is 8. The molecule has 0 saturated heterocycles. The van der Waals surface area contributed by atoms with E-state index >= 15 is 0 Å². The lowest BCUT2D eigenvalue weighted by Gasteiger charge is -2.20. The molecule has 1 amide bonds. The number of nitrogens with one attached hydrogen (secondary N) is 1. The molecule has 0 heterocycles. The van der Waals surface area contributed by atoms with Gasteiger partial charge in [-0.25, -0.2) is 0 Å². The first-order valence-corrected chi connectivity index (χ1v) is 7.71. The van der Waals surface area contributed by atoms with Crippen molar-refractivity contribution >= 4 is 17.6 Å². The summed E-state index contributed by atoms with van der Waals surface area (Å²) in [6, 6.07) is 5.81. The lowest BCUT2D eigenvalue weighted by molar-refractivity contribution is -0.144. The summed E-state index contributed by atoms with van der Waals surface area (Å²) >= 11 is 0. The minimum Gasteiger partial charge on any atom is -0.465 e. The van der Waals surface area contributed by atoms with Gasteiger partial charge in [0, 0.05) is 5.69 Å². The first-order chi connectivity index (χ1) is 10.5. The summed E-state index contributed by atoms with van der Waals surface area (Å²) in [7, 11) is 0. The van der Waals surface area contributed by atoms with Crippen LogP contribution in [0.4, 0.5) is 5.69 Å². The minimum atomic E-state index is -0.296. The Labute approximate surface area is 132 Å². The number of hydrogen-bond donors (Lipinski definition) is 1. The summed E-state index contributed by atoms with van der Waals surface area (Å²) in [4.78, 5) is 25.5. The number of anilines is 1. The molecule has 0 bridgehead atoms. The van der Waals surface area contributed by atoms with Crippen LogP contribution < -0.4 is 5.32 Å². The predicted octanol–water partition coefficient (Wildman–Crippen LogP) is 2.52. The van der Waals surface area contributed by atoms with Crippen molar-refractivity contribution in [2.75, 3.05) is 31.6 Å². The van der Waals surface area contributed by atoms with Crippen LogP contribution in [0.1, 0.15) is 31.4 Å². The van der Waals surface area contributed by atoms with Gasteiger partial charge in [0.15, 0.2) is 0 Å². The number of benzene rings is 1. The average molecular weight is 306 g/mol. The van der Waals surface area contributed by atoms with E-state index in [4.69, 9.17) is 4.74 Å². The molecule has 0 aliphatic carbocycles. The Morgan fingerprint density at radius 2 is 1.86 bits per heavy atom. The summed E-state index contributed by atoms with van der Waals surface area (Å²) in [5, 5.41) is 2.87. The fourth-order valence-electron chi connectivity index (χ4n) is 2.14. The highest BCUT2D eigenvalue weighted by molar-refractivity contribution is 5.92. The second-order valence-electron chi connectivity index (χ2n) is 5.36. The van der Waals surface area contributed by atoms with E-state index in [-0.39, 0.29) is 25.0 Å². The van der Waals surface area contributed by atoms with Gasteiger partial charge in [0.1, 0.15) is 0 Å². The molecule has 1 aromatic rings. The topological polar surface area (TPSA) is 58.6 Å². The predicted molar refractivity (Wildman–Crippen MR) is 87.9 cm³/mol. The quantitative estimate of drug-likeness (QED) is 0.750. The zero-order valence-electron chi connectivity index (χ0n) is 13.9. The van der Waals surface area contributed by atoms with Crippen molar-refractivity contribution in [2.45, 2.75) is 34.1 Å². The molecular formula is C17H26N2O3.